The lowest BCUT2D eigenvalue weighted by atomic mass is 10.2. The topological polar surface area (TPSA) is 73.9 Å². The molecule has 0 radical (unpaired) electrons. The molecule has 2 aromatic rings. The third-order valence-corrected chi connectivity index (χ3v) is 3.53. The van der Waals surface area contributed by atoms with Gasteiger partial charge in [0.15, 0.2) is 6.73 Å². The smallest absolute Gasteiger partial charge is 0.415 e. The van der Waals surface area contributed by atoms with Crippen LogP contribution in [-0.4, -0.2) is 25.4 Å². The van der Waals surface area contributed by atoms with Crippen molar-refractivity contribution in [3.05, 3.63) is 59.1 Å². The van der Waals surface area contributed by atoms with Gasteiger partial charge in [-0.05, 0) is 42.8 Å². The molecule has 0 heterocycles. The van der Waals surface area contributed by atoms with Crippen LogP contribution in [0.5, 0.6) is 11.5 Å². The Morgan fingerprint density at radius 2 is 1.84 bits per heavy atom. The van der Waals surface area contributed by atoms with E-state index in [1.54, 1.807) is 48.5 Å². The molecule has 0 bridgehead atoms. The number of benzene rings is 2. The lowest BCUT2D eigenvalue weighted by molar-refractivity contribution is -0.144. The van der Waals surface area contributed by atoms with E-state index in [9.17, 15) is 9.59 Å². The van der Waals surface area contributed by atoms with Gasteiger partial charge in [-0.3, -0.25) is 10.1 Å². The maximum absolute atomic E-state index is 11.6. The number of aryl methyl sites for hydroxylation is 1. The van der Waals surface area contributed by atoms with Crippen LogP contribution in [0.15, 0.2) is 48.5 Å². The largest absolute Gasteiger partial charge is 0.493 e. The Balaban J connectivity index is 1.60. The molecular formula is C18H18ClNO5. The van der Waals surface area contributed by atoms with Gasteiger partial charge in [0, 0.05) is 5.02 Å². The Morgan fingerprint density at radius 3 is 2.56 bits per heavy atom. The molecular weight excluding hydrogens is 346 g/mol. The molecule has 0 aliphatic heterocycles. The van der Waals surface area contributed by atoms with E-state index in [2.05, 4.69) is 5.32 Å². The lowest BCUT2D eigenvalue weighted by Gasteiger charge is -2.09. The number of carbonyl (C=O) groups is 2. The second-order valence-electron chi connectivity index (χ2n) is 5.05. The first-order valence-electron chi connectivity index (χ1n) is 7.60. The van der Waals surface area contributed by atoms with Crippen molar-refractivity contribution in [3.63, 3.8) is 0 Å². The second kappa shape index (κ2) is 9.54. The summed E-state index contributed by atoms with van der Waals surface area (Å²) in [6.07, 6.45) is -0.649. The third-order valence-electron chi connectivity index (χ3n) is 3.11. The molecule has 1 N–H and O–H groups in total. The Morgan fingerprint density at radius 1 is 1.08 bits per heavy atom. The van der Waals surface area contributed by atoms with Crippen LogP contribution in [0.4, 0.5) is 4.79 Å². The highest BCUT2D eigenvalue weighted by Crippen LogP contribution is 2.21. The van der Waals surface area contributed by atoms with E-state index < -0.39 is 12.1 Å². The fourth-order valence-electron chi connectivity index (χ4n) is 1.84. The third kappa shape index (κ3) is 6.73. The Labute approximate surface area is 150 Å². The summed E-state index contributed by atoms with van der Waals surface area (Å²) in [6.45, 7) is 1.75. The van der Waals surface area contributed by atoms with Crippen molar-refractivity contribution in [1.29, 1.82) is 0 Å². The predicted molar refractivity (Wildman–Crippen MR) is 92.9 cm³/mol. The maximum Gasteiger partial charge on any atom is 0.415 e. The first-order valence-corrected chi connectivity index (χ1v) is 7.97. The quantitative estimate of drug-likeness (QED) is 0.599. The minimum Gasteiger partial charge on any atom is -0.493 e. The number of ether oxygens (including phenoxy) is 3. The van der Waals surface area contributed by atoms with E-state index in [1.165, 1.54) is 0 Å². The van der Waals surface area contributed by atoms with Crippen LogP contribution in [0.25, 0.3) is 0 Å². The maximum atomic E-state index is 11.6. The highest BCUT2D eigenvalue weighted by atomic mass is 35.5. The summed E-state index contributed by atoms with van der Waals surface area (Å²) in [7, 11) is 0. The van der Waals surface area contributed by atoms with Crippen molar-refractivity contribution in [3.8, 4) is 11.5 Å². The van der Waals surface area contributed by atoms with Crippen molar-refractivity contribution in [2.24, 2.45) is 0 Å². The van der Waals surface area contributed by atoms with Crippen LogP contribution >= 0.6 is 11.6 Å². The summed E-state index contributed by atoms with van der Waals surface area (Å²) in [6, 6.07) is 13.8. The molecule has 1 amide bonds. The minimum absolute atomic E-state index is 0.0527. The van der Waals surface area contributed by atoms with Crippen LogP contribution in [0, 0.1) is 6.92 Å². The fraction of sp³-hybridized carbons (Fsp3) is 0.222. The molecule has 2 rings (SSSR count). The van der Waals surface area contributed by atoms with Gasteiger partial charge in [0.05, 0.1) is 13.0 Å². The Hall–Kier alpha value is -2.73. The van der Waals surface area contributed by atoms with Crippen molar-refractivity contribution >= 4 is 23.7 Å². The predicted octanol–water partition coefficient (Wildman–Crippen LogP) is 3.71. The number of esters is 1. The lowest BCUT2D eigenvalue weighted by Crippen LogP contribution is -2.30. The summed E-state index contributed by atoms with van der Waals surface area (Å²) in [5.41, 5.74) is 0.892. The number of hydrogen-bond acceptors (Lipinski definition) is 5. The molecule has 0 aliphatic rings. The van der Waals surface area contributed by atoms with E-state index in [-0.39, 0.29) is 19.8 Å². The summed E-state index contributed by atoms with van der Waals surface area (Å²) in [5.74, 6) is 0.531. The number of hydrogen-bond donors (Lipinski definition) is 1. The van der Waals surface area contributed by atoms with Gasteiger partial charge in [0.2, 0.25) is 0 Å². The van der Waals surface area contributed by atoms with E-state index >= 15 is 0 Å². The molecule has 7 heteroatoms. The Kier molecular flexibility index (Phi) is 7.10. The summed E-state index contributed by atoms with van der Waals surface area (Å²) in [4.78, 5) is 23.1. The number of amides is 1. The van der Waals surface area contributed by atoms with Crippen LogP contribution in [-0.2, 0) is 9.53 Å². The number of nitrogens with one attached hydrogen (secondary N) is 1. The van der Waals surface area contributed by atoms with Crippen LogP contribution in [0.3, 0.4) is 0 Å². The molecule has 0 aliphatic carbocycles. The van der Waals surface area contributed by atoms with Gasteiger partial charge < -0.3 is 14.2 Å². The van der Waals surface area contributed by atoms with Crippen LogP contribution < -0.4 is 14.8 Å². The summed E-state index contributed by atoms with van der Waals surface area (Å²) < 4.78 is 15.3. The molecule has 2 aromatic carbocycles. The van der Waals surface area contributed by atoms with Gasteiger partial charge in [0.25, 0.3) is 0 Å². The van der Waals surface area contributed by atoms with Crippen molar-refractivity contribution in [2.45, 2.75) is 13.3 Å². The van der Waals surface area contributed by atoms with Crippen molar-refractivity contribution in [1.82, 2.24) is 5.32 Å². The number of para-hydroxylation sites is 1. The fourth-order valence-corrected chi connectivity index (χ4v) is 1.96. The molecule has 25 heavy (non-hydrogen) atoms. The average molecular weight is 364 g/mol. The SMILES string of the molecule is Cc1cc(OCCC(=O)OCNC(=O)Oc2ccccc2)ccc1Cl. The summed E-state index contributed by atoms with van der Waals surface area (Å²) in [5, 5.41) is 2.98. The van der Waals surface area contributed by atoms with Crippen molar-refractivity contribution < 1.29 is 23.8 Å². The molecule has 0 atom stereocenters. The van der Waals surface area contributed by atoms with E-state index in [0.29, 0.717) is 16.5 Å². The van der Waals surface area contributed by atoms with Gasteiger partial charge in [-0.25, -0.2) is 4.79 Å². The minimum atomic E-state index is -0.702. The number of rotatable bonds is 7. The average Bonchev–Trinajstić information content (AvgIpc) is 2.59. The van der Waals surface area contributed by atoms with Gasteiger partial charge in [-0.1, -0.05) is 29.8 Å². The van der Waals surface area contributed by atoms with Gasteiger partial charge >= 0.3 is 12.1 Å². The molecule has 132 valence electrons. The second-order valence-corrected chi connectivity index (χ2v) is 5.46. The molecule has 0 spiro atoms. The zero-order valence-corrected chi connectivity index (χ0v) is 14.4. The van der Waals surface area contributed by atoms with Crippen molar-refractivity contribution in [2.75, 3.05) is 13.3 Å². The standard InChI is InChI=1S/C18H18ClNO5/c1-13-11-15(7-8-16(13)19)23-10-9-17(21)24-12-20-18(22)25-14-5-3-2-4-6-14/h2-8,11H,9-10,12H2,1H3,(H,20,22). The zero-order chi connectivity index (χ0) is 18.1. The Bertz CT molecular complexity index is 721. The van der Waals surface area contributed by atoms with E-state index in [4.69, 9.17) is 25.8 Å². The van der Waals surface area contributed by atoms with E-state index in [1.807, 2.05) is 6.92 Å². The first kappa shape index (κ1) is 18.6. The zero-order valence-electron chi connectivity index (χ0n) is 13.7. The van der Waals surface area contributed by atoms with Gasteiger partial charge in [-0.2, -0.15) is 0 Å². The van der Waals surface area contributed by atoms with Gasteiger partial charge in [0.1, 0.15) is 11.5 Å². The highest BCUT2D eigenvalue weighted by molar-refractivity contribution is 6.31. The molecule has 0 saturated heterocycles. The van der Waals surface area contributed by atoms with Crippen LogP contribution in [0.2, 0.25) is 5.02 Å². The number of carbonyl (C=O) groups excluding carboxylic acids is 2. The van der Waals surface area contributed by atoms with Crippen LogP contribution in [0.1, 0.15) is 12.0 Å². The first-order chi connectivity index (χ1) is 12.0. The molecule has 0 fully saturated rings. The van der Waals surface area contributed by atoms with Gasteiger partial charge in [-0.15, -0.1) is 0 Å². The van der Waals surface area contributed by atoms with E-state index in [0.717, 1.165) is 5.56 Å². The summed E-state index contributed by atoms with van der Waals surface area (Å²) >= 11 is 5.92. The monoisotopic (exact) mass is 363 g/mol. The normalized spacial score (nSPS) is 10.0. The molecule has 0 saturated carbocycles. The number of halogens is 1. The highest BCUT2D eigenvalue weighted by Gasteiger charge is 2.07. The molecule has 0 aromatic heterocycles. The molecule has 0 unspecified atom stereocenters. The molecule has 6 nitrogen and oxygen atoms in total.